The Morgan fingerprint density at radius 3 is 2.39 bits per heavy atom. The molecule has 2 aliphatic heterocycles. The molecule has 1 aliphatic carbocycles. The van der Waals surface area contributed by atoms with Crippen LogP contribution in [-0.4, -0.2) is 100 Å². The van der Waals surface area contributed by atoms with E-state index in [1.807, 2.05) is 93.6 Å². The van der Waals surface area contributed by atoms with Crippen LogP contribution in [0.25, 0.3) is 10.4 Å². The van der Waals surface area contributed by atoms with Gasteiger partial charge in [-0.2, -0.15) is 5.26 Å². The molecule has 16 heteroatoms. The fourth-order valence-corrected chi connectivity index (χ4v) is 12.1. The van der Waals surface area contributed by atoms with Gasteiger partial charge in [-0.1, -0.05) is 72.7 Å². The number of aromatic nitrogens is 1. The largest absolute Gasteiger partial charge is 0.489 e. The lowest BCUT2D eigenvalue weighted by Crippen LogP contribution is -2.74. The molecule has 7 rings (SSSR count). The third-order valence-electron chi connectivity index (χ3n) is 13.9. The minimum atomic E-state index is -0.950. The fourth-order valence-electron chi connectivity index (χ4n) is 10.8. The first-order valence-electron chi connectivity index (χ1n) is 23.8. The fraction of sp³-hybridized carbons (Fsp3) is 0.509. The number of carbonyl (C=O) groups excluding carboxylic acids is 4. The molecular formula is C53H66BrN7O7S. The Kier molecular flexibility index (Phi) is 15.6. The number of aliphatic hydroxyl groups is 1. The number of nitriles is 1. The smallest absolute Gasteiger partial charge is 0.254 e. The van der Waals surface area contributed by atoms with Crippen LogP contribution in [0.2, 0.25) is 0 Å². The number of aliphatic hydroxyl groups excluding tert-OH is 1. The number of halogens is 1. The minimum Gasteiger partial charge on any atom is -0.489 e. The predicted molar refractivity (Wildman–Crippen MR) is 270 cm³/mol. The highest BCUT2D eigenvalue weighted by Crippen LogP contribution is 2.59. The van der Waals surface area contributed by atoms with E-state index < -0.39 is 35.4 Å². The Morgan fingerprint density at radius 1 is 1.01 bits per heavy atom. The number of likely N-dealkylation sites (tertiary alicyclic amines) is 1. The maximum atomic E-state index is 14.1. The minimum absolute atomic E-state index is 0.0108. The number of rotatable bonds is 18. The van der Waals surface area contributed by atoms with Gasteiger partial charge in [0.25, 0.3) is 5.91 Å². The van der Waals surface area contributed by atoms with E-state index in [0.717, 1.165) is 64.3 Å². The van der Waals surface area contributed by atoms with Gasteiger partial charge in [-0.05, 0) is 108 Å². The van der Waals surface area contributed by atoms with E-state index in [0.29, 0.717) is 28.9 Å². The van der Waals surface area contributed by atoms with Crippen molar-refractivity contribution in [3.8, 4) is 22.3 Å². The first kappa shape index (κ1) is 51.5. The van der Waals surface area contributed by atoms with Gasteiger partial charge in [0.15, 0.2) is 0 Å². The monoisotopic (exact) mass is 1020 g/mol. The van der Waals surface area contributed by atoms with Crippen molar-refractivity contribution in [2.45, 2.75) is 131 Å². The van der Waals surface area contributed by atoms with Crippen molar-refractivity contribution < 1.29 is 33.8 Å². The SMILES string of the molecule is Cc1ncsc1-c1ccc([C@H](C)NC(=O)[C@@H]2C[C@@H](O)CN2C(=O)[C@@H](NC(=O)COCCCCCNc2ccc3c(c2)CN([C@H]2C(C)(C)[C@H](Oc4ccc(C#N)c(Br)c4)C2(C)C)C3=O)C(C)(C)C)cc1. The number of hydrogen-bond donors (Lipinski definition) is 4. The summed E-state index contributed by atoms with van der Waals surface area (Å²) < 4.78 is 12.9. The molecule has 3 heterocycles. The van der Waals surface area contributed by atoms with Crippen molar-refractivity contribution >= 4 is 56.6 Å². The number of hydrogen-bond acceptors (Lipinski definition) is 11. The summed E-state index contributed by atoms with van der Waals surface area (Å²) in [7, 11) is 0. The third-order valence-corrected chi connectivity index (χ3v) is 15.5. The van der Waals surface area contributed by atoms with Crippen molar-refractivity contribution in [3.05, 3.63) is 98.6 Å². The molecule has 368 valence electrons. The van der Waals surface area contributed by atoms with Crippen LogP contribution in [0.5, 0.6) is 5.75 Å². The summed E-state index contributed by atoms with van der Waals surface area (Å²) in [5.41, 5.74) is 6.60. The molecule has 0 bridgehead atoms. The number of carbonyl (C=O) groups is 4. The molecule has 0 spiro atoms. The molecule has 69 heavy (non-hydrogen) atoms. The number of thiazole rings is 1. The first-order valence-corrected chi connectivity index (χ1v) is 25.5. The summed E-state index contributed by atoms with van der Waals surface area (Å²) in [6, 6.07) is 19.2. The quantitative estimate of drug-likeness (QED) is 0.0704. The lowest BCUT2D eigenvalue weighted by atomic mass is 9.49. The second-order valence-electron chi connectivity index (χ2n) is 21.0. The summed E-state index contributed by atoms with van der Waals surface area (Å²) in [6.07, 6.45) is 1.54. The van der Waals surface area contributed by atoms with E-state index >= 15 is 0 Å². The number of aryl methyl sites for hydroxylation is 1. The van der Waals surface area contributed by atoms with Crippen LogP contribution in [0.1, 0.15) is 120 Å². The van der Waals surface area contributed by atoms with E-state index in [1.54, 1.807) is 17.4 Å². The molecule has 1 saturated carbocycles. The number of benzene rings is 3. The van der Waals surface area contributed by atoms with Gasteiger partial charge < -0.3 is 40.3 Å². The van der Waals surface area contributed by atoms with Crippen molar-refractivity contribution in [1.29, 1.82) is 5.26 Å². The van der Waals surface area contributed by atoms with Gasteiger partial charge in [0.1, 0.15) is 36.6 Å². The number of nitrogens with zero attached hydrogens (tertiary/aromatic N) is 4. The molecule has 4 aromatic rings. The Bertz CT molecular complexity index is 2570. The van der Waals surface area contributed by atoms with Crippen LogP contribution >= 0.6 is 27.3 Å². The van der Waals surface area contributed by atoms with E-state index in [4.69, 9.17) is 9.47 Å². The standard InChI is InChI=1S/C53H66BrN7O7S/c1-31(33-13-15-34(16-14-33)44-32(2)57-30-69-44)58-46(64)42-24-38(62)28-60(42)48(66)45(51(3,4)5)59-43(63)29-67-22-12-10-11-21-56-37-18-20-40-36(23-37)27-61(47(40)65)49-52(6,7)50(53(49,8)9)68-39-19-17-35(26-55)41(54)25-39/h13-20,23,25,30-31,38,42,45,49-50,56,62H,10-12,21-22,24,27-29H2,1-9H3,(H,58,64)(H,59,63)/t31-,38+,42-,45+,49-,50-/m0/s1. The van der Waals surface area contributed by atoms with E-state index in [-0.39, 0.29) is 60.4 Å². The highest BCUT2D eigenvalue weighted by Gasteiger charge is 2.67. The Balaban J connectivity index is 0.826. The number of fused-ring (bicyclic) bond motifs is 1. The predicted octanol–water partition coefficient (Wildman–Crippen LogP) is 8.56. The molecule has 0 unspecified atom stereocenters. The molecular weight excluding hydrogens is 959 g/mol. The van der Waals surface area contributed by atoms with Crippen molar-refractivity contribution in [2.24, 2.45) is 16.2 Å². The third kappa shape index (κ3) is 11.2. The summed E-state index contributed by atoms with van der Waals surface area (Å²) >= 11 is 5.04. The zero-order chi connectivity index (χ0) is 50.0. The van der Waals surface area contributed by atoms with Gasteiger partial charge in [0, 0.05) is 65.3 Å². The highest BCUT2D eigenvalue weighted by molar-refractivity contribution is 9.10. The van der Waals surface area contributed by atoms with E-state index in [1.165, 1.54) is 4.90 Å². The second-order valence-corrected chi connectivity index (χ2v) is 22.7. The molecule has 2 fully saturated rings. The van der Waals surface area contributed by atoms with Crippen LogP contribution in [-0.2, 0) is 25.7 Å². The molecule has 4 amide bonds. The lowest BCUT2D eigenvalue weighted by molar-refractivity contribution is -0.199. The van der Waals surface area contributed by atoms with Crippen molar-refractivity contribution in [2.75, 3.05) is 31.6 Å². The first-order chi connectivity index (χ1) is 32.6. The number of β-amino-alcohol motifs (C(OH)–C–C–N with tert-alkyl or cyclic N) is 1. The number of unbranched alkanes of at least 4 members (excludes halogenated alkanes) is 2. The van der Waals surface area contributed by atoms with Crippen molar-refractivity contribution in [3.63, 3.8) is 0 Å². The highest BCUT2D eigenvalue weighted by atomic mass is 79.9. The van der Waals surface area contributed by atoms with E-state index in [9.17, 15) is 29.5 Å². The molecule has 14 nitrogen and oxygen atoms in total. The number of anilines is 1. The van der Waals surface area contributed by atoms with Crippen LogP contribution in [0.3, 0.4) is 0 Å². The van der Waals surface area contributed by atoms with Crippen LogP contribution in [0.15, 0.2) is 70.6 Å². The van der Waals surface area contributed by atoms with E-state index in [2.05, 4.69) is 76.7 Å². The van der Waals surface area contributed by atoms with Crippen LogP contribution in [0, 0.1) is 34.5 Å². The summed E-state index contributed by atoms with van der Waals surface area (Å²) in [5, 5.41) is 29.4. The summed E-state index contributed by atoms with van der Waals surface area (Å²) in [4.78, 5) is 63.6. The second kappa shape index (κ2) is 20.9. The average molecular weight is 1030 g/mol. The lowest BCUT2D eigenvalue weighted by Gasteiger charge is -2.65. The van der Waals surface area contributed by atoms with Gasteiger partial charge in [-0.15, -0.1) is 11.3 Å². The van der Waals surface area contributed by atoms with Gasteiger partial charge in [0.2, 0.25) is 17.7 Å². The zero-order valence-corrected chi connectivity index (χ0v) is 43.6. The van der Waals surface area contributed by atoms with Gasteiger partial charge in [0.05, 0.1) is 33.8 Å². The van der Waals surface area contributed by atoms with Crippen molar-refractivity contribution in [1.82, 2.24) is 25.4 Å². The van der Waals surface area contributed by atoms with Gasteiger partial charge in [-0.3, -0.25) is 19.2 Å². The summed E-state index contributed by atoms with van der Waals surface area (Å²) in [6.45, 7) is 19.4. The topological polar surface area (TPSA) is 186 Å². The number of amides is 4. The van der Waals surface area contributed by atoms with Gasteiger partial charge >= 0.3 is 0 Å². The molecule has 1 saturated heterocycles. The van der Waals surface area contributed by atoms with Crippen LogP contribution < -0.4 is 20.7 Å². The molecule has 4 N–H and O–H groups in total. The molecule has 4 atom stereocenters. The molecule has 0 radical (unpaired) electrons. The molecule has 3 aromatic carbocycles. The molecule has 1 aromatic heterocycles. The Hall–Kier alpha value is -5.34. The molecule has 3 aliphatic rings. The maximum Gasteiger partial charge on any atom is 0.254 e. The zero-order valence-electron chi connectivity index (χ0n) is 41.2. The summed E-state index contributed by atoms with van der Waals surface area (Å²) in [5.74, 6) is -0.511. The Labute approximate surface area is 418 Å². The normalized spacial score (nSPS) is 21.2. The van der Waals surface area contributed by atoms with Gasteiger partial charge in [-0.25, -0.2) is 4.98 Å². The average Bonchev–Trinajstić information content (AvgIpc) is 4.00. The number of ether oxygens (including phenoxy) is 2. The Morgan fingerprint density at radius 2 is 1.74 bits per heavy atom. The number of nitrogens with one attached hydrogen (secondary N) is 3. The van der Waals surface area contributed by atoms with Crippen LogP contribution in [0.4, 0.5) is 5.69 Å². The maximum absolute atomic E-state index is 14.1.